The first-order chi connectivity index (χ1) is 13.1. The third kappa shape index (κ3) is 4.46. The zero-order valence-corrected chi connectivity index (χ0v) is 14.9. The van der Waals surface area contributed by atoms with Crippen LogP contribution in [0, 0.1) is 6.92 Å². The second kappa shape index (κ2) is 8.09. The molecule has 0 bridgehead atoms. The first-order valence-corrected chi connectivity index (χ1v) is 8.22. The van der Waals surface area contributed by atoms with Crippen LogP contribution in [-0.4, -0.2) is 29.0 Å². The predicted molar refractivity (Wildman–Crippen MR) is 102 cm³/mol. The van der Waals surface area contributed by atoms with Gasteiger partial charge in [0.2, 0.25) is 5.95 Å². The SMILES string of the molecule is COC(=O)c1ccccc1NC(=O)c1ccnc(Nc2ccc(C)cc2)n1. The predicted octanol–water partition coefficient (Wildman–Crippen LogP) is 3.57. The van der Waals surface area contributed by atoms with Crippen LogP contribution in [0.4, 0.5) is 17.3 Å². The molecule has 1 amide bonds. The number of amides is 1. The van der Waals surface area contributed by atoms with E-state index < -0.39 is 11.9 Å². The molecule has 0 saturated carbocycles. The molecule has 0 unspecified atom stereocenters. The fourth-order valence-electron chi connectivity index (χ4n) is 2.38. The van der Waals surface area contributed by atoms with Crippen molar-refractivity contribution in [2.24, 2.45) is 0 Å². The average molecular weight is 362 g/mol. The third-order valence-electron chi connectivity index (χ3n) is 3.78. The Balaban J connectivity index is 1.78. The maximum absolute atomic E-state index is 12.5. The van der Waals surface area contributed by atoms with Crippen molar-refractivity contribution in [1.82, 2.24) is 9.97 Å². The van der Waals surface area contributed by atoms with E-state index in [1.807, 2.05) is 31.2 Å². The molecule has 0 atom stereocenters. The van der Waals surface area contributed by atoms with E-state index in [0.29, 0.717) is 11.6 Å². The van der Waals surface area contributed by atoms with Crippen molar-refractivity contribution in [3.05, 3.63) is 77.6 Å². The Morgan fingerprint density at radius 3 is 2.48 bits per heavy atom. The highest BCUT2D eigenvalue weighted by atomic mass is 16.5. The van der Waals surface area contributed by atoms with E-state index in [2.05, 4.69) is 20.6 Å². The van der Waals surface area contributed by atoms with Gasteiger partial charge in [-0.1, -0.05) is 29.8 Å². The molecule has 0 saturated heterocycles. The number of benzene rings is 2. The van der Waals surface area contributed by atoms with Gasteiger partial charge < -0.3 is 15.4 Å². The molecule has 2 aromatic carbocycles. The Morgan fingerprint density at radius 2 is 1.74 bits per heavy atom. The van der Waals surface area contributed by atoms with Crippen LogP contribution in [0.2, 0.25) is 0 Å². The summed E-state index contributed by atoms with van der Waals surface area (Å²) in [7, 11) is 1.29. The molecule has 0 aliphatic rings. The normalized spacial score (nSPS) is 10.1. The summed E-state index contributed by atoms with van der Waals surface area (Å²) in [6.07, 6.45) is 1.49. The molecule has 0 radical (unpaired) electrons. The largest absolute Gasteiger partial charge is 0.465 e. The van der Waals surface area contributed by atoms with Crippen molar-refractivity contribution in [2.75, 3.05) is 17.7 Å². The van der Waals surface area contributed by atoms with Gasteiger partial charge in [0, 0.05) is 11.9 Å². The Morgan fingerprint density at radius 1 is 1.00 bits per heavy atom. The van der Waals surface area contributed by atoms with Gasteiger partial charge in [-0.3, -0.25) is 4.79 Å². The van der Waals surface area contributed by atoms with Crippen molar-refractivity contribution in [2.45, 2.75) is 6.92 Å². The maximum atomic E-state index is 12.5. The van der Waals surface area contributed by atoms with Crippen LogP contribution in [-0.2, 0) is 4.74 Å². The minimum Gasteiger partial charge on any atom is -0.465 e. The summed E-state index contributed by atoms with van der Waals surface area (Å²) < 4.78 is 4.73. The molecule has 1 heterocycles. The molecule has 2 N–H and O–H groups in total. The number of nitrogens with one attached hydrogen (secondary N) is 2. The van der Waals surface area contributed by atoms with Gasteiger partial charge in [-0.25, -0.2) is 14.8 Å². The van der Waals surface area contributed by atoms with Crippen molar-refractivity contribution in [1.29, 1.82) is 0 Å². The number of hydrogen-bond donors (Lipinski definition) is 2. The number of ether oxygens (including phenoxy) is 1. The molecule has 0 fully saturated rings. The molecule has 3 rings (SSSR count). The lowest BCUT2D eigenvalue weighted by Crippen LogP contribution is -2.17. The van der Waals surface area contributed by atoms with Crippen LogP contribution in [0.3, 0.4) is 0 Å². The fraction of sp³-hybridized carbons (Fsp3) is 0.100. The Bertz CT molecular complexity index is 971. The Labute approximate surface area is 156 Å². The van der Waals surface area contributed by atoms with Gasteiger partial charge in [-0.05, 0) is 37.3 Å². The van der Waals surface area contributed by atoms with Gasteiger partial charge in [-0.2, -0.15) is 0 Å². The number of carbonyl (C=O) groups is 2. The van der Waals surface area contributed by atoms with Crippen LogP contribution in [0.25, 0.3) is 0 Å². The summed E-state index contributed by atoms with van der Waals surface area (Å²) in [5.41, 5.74) is 2.73. The molecule has 3 aromatic rings. The van der Waals surface area contributed by atoms with Gasteiger partial charge in [0.1, 0.15) is 5.69 Å². The highest BCUT2D eigenvalue weighted by Gasteiger charge is 2.15. The first-order valence-electron chi connectivity index (χ1n) is 8.22. The molecule has 136 valence electrons. The number of aryl methyl sites for hydroxylation is 1. The van der Waals surface area contributed by atoms with Crippen molar-refractivity contribution >= 4 is 29.2 Å². The zero-order chi connectivity index (χ0) is 19.2. The Hall–Kier alpha value is -3.74. The minimum atomic E-state index is -0.532. The summed E-state index contributed by atoms with van der Waals surface area (Å²) in [6.45, 7) is 2.00. The lowest BCUT2D eigenvalue weighted by molar-refractivity contribution is 0.0602. The van der Waals surface area contributed by atoms with E-state index in [4.69, 9.17) is 4.74 Å². The van der Waals surface area contributed by atoms with Crippen molar-refractivity contribution < 1.29 is 14.3 Å². The number of rotatable bonds is 5. The number of nitrogens with zero attached hydrogens (tertiary/aromatic N) is 2. The molecular weight excluding hydrogens is 344 g/mol. The second-order valence-electron chi connectivity index (χ2n) is 5.75. The molecule has 0 spiro atoms. The van der Waals surface area contributed by atoms with Crippen LogP contribution in [0.1, 0.15) is 26.4 Å². The standard InChI is InChI=1S/C20H18N4O3/c1-13-7-9-14(10-8-13)22-20-21-12-11-17(24-20)18(25)23-16-6-4-3-5-15(16)19(26)27-2/h3-12H,1-2H3,(H,23,25)(H,21,22,24). The van der Waals surface area contributed by atoms with Gasteiger partial charge in [-0.15, -0.1) is 0 Å². The van der Waals surface area contributed by atoms with E-state index in [-0.39, 0.29) is 11.3 Å². The van der Waals surface area contributed by atoms with Crippen LogP contribution < -0.4 is 10.6 Å². The number of aromatic nitrogens is 2. The highest BCUT2D eigenvalue weighted by molar-refractivity contribution is 6.07. The monoisotopic (exact) mass is 362 g/mol. The first kappa shape index (κ1) is 18.1. The van der Waals surface area contributed by atoms with Crippen LogP contribution in [0.5, 0.6) is 0 Å². The topological polar surface area (TPSA) is 93.2 Å². The molecule has 1 aromatic heterocycles. The number of methoxy groups -OCH3 is 1. The van der Waals surface area contributed by atoms with E-state index in [9.17, 15) is 9.59 Å². The number of para-hydroxylation sites is 1. The van der Waals surface area contributed by atoms with Gasteiger partial charge in [0.25, 0.3) is 5.91 Å². The average Bonchev–Trinajstić information content (AvgIpc) is 2.70. The van der Waals surface area contributed by atoms with E-state index in [1.165, 1.54) is 19.4 Å². The molecule has 7 nitrogen and oxygen atoms in total. The molecular formula is C20H18N4O3. The van der Waals surface area contributed by atoms with E-state index in [1.54, 1.807) is 24.3 Å². The van der Waals surface area contributed by atoms with Gasteiger partial charge in [0.15, 0.2) is 0 Å². The summed E-state index contributed by atoms with van der Waals surface area (Å²) in [5, 5.41) is 5.74. The van der Waals surface area contributed by atoms with Gasteiger partial charge >= 0.3 is 5.97 Å². The smallest absolute Gasteiger partial charge is 0.339 e. The third-order valence-corrected chi connectivity index (χ3v) is 3.78. The summed E-state index contributed by atoms with van der Waals surface area (Å²) in [4.78, 5) is 32.7. The Kier molecular flexibility index (Phi) is 5.41. The molecule has 0 aliphatic carbocycles. The van der Waals surface area contributed by atoms with Crippen LogP contribution >= 0.6 is 0 Å². The lowest BCUT2D eigenvalue weighted by Gasteiger charge is -2.10. The van der Waals surface area contributed by atoms with Crippen molar-refractivity contribution in [3.8, 4) is 0 Å². The minimum absolute atomic E-state index is 0.166. The summed E-state index contributed by atoms with van der Waals surface area (Å²) >= 11 is 0. The fourth-order valence-corrected chi connectivity index (χ4v) is 2.38. The lowest BCUT2D eigenvalue weighted by atomic mass is 10.1. The summed E-state index contributed by atoms with van der Waals surface area (Å²) in [5.74, 6) is -0.691. The van der Waals surface area contributed by atoms with E-state index in [0.717, 1.165) is 11.3 Å². The van der Waals surface area contributed by atoms with Crippen molar-refractivity contribution in [3.63, 3.8) is 0 Å². The summed E-state index contributed by atoms with van der Waals surface area (Å²) in [6, 6.07) is 15.8. The number of hydrogen-bond acceptors (Lipinski definition) is 6. The van der Waals surface area contributed by atoms with E-state index >= 15 is 0 Å². The maximum Gasteiger partial charge on any atom is 0.339 e. The molecule has 7 heteroatoms. The number of anilines is 3. The zero-order valence-electron chi connectivity index (χ0n) is 14.9. The highest BCUT2D eigenvalue weighted by Crippen LogP contribution is 2.18. The van der Waals surface area contributed by atoms with Crippen LogP contribution in [0.15, 0.2) is 60.8 Å². The number of esters is 1. The molecule has 0 aliphatic heterocycles. The van der Waals surface area contributed by atoms with Gasteiger partial charge in [0.05, 0.1) is 18.4 Å². The number of carbonyl (C=O) groups excluding carboxylic acids is 2. The quantitative estimate of drug-likeness (QED) is 0.674. The molecule has 27 heavy (non-hydrogen) atoms. The second-order valence-corrected chi connectivity index (χ2v) is 5.75.